The second-order valence-electron chi connectivity index (χ2n) is 1.85. The maximum atomic E-state index is 10.4. The first-order valence-electron chi connectivity index (χ1n) is 2.56. The maximum absolute atomic E-state index is 10.4. The summed E-state index contributed by atoms with van der Waals surface area (Å²) in [5, 5.41) is 0. The summed E-state index contributed by atoms with van der Waals surface area (Å²) in [7, 11) is 0. The summed E-state index contributed by atoms with van der Waals surface area (Å²) >= 11 is 2.07. The quantitative estimate of drug-likeness (QED) is 0.270. The number of hydrogen-bond acceptors (Lipinski definition) is 3. The van der Waals surface area contributed by atoms with E-state index in [0.29, 0.717) is 12.8 Å². The molecule has 1 aliphatic rings. The van der Waals surface area contributed by atoms with Crippen molar-refractivity contribution in [2.75, 3.05) is 0 Å². The maximum Gasteiger partial charge on any atom is 0.314 e. The third kappa shape index (κ3) is 1.92. The van der Waals surface area contributed by atoms with Crippen LogP contribution in [-0.2, 0) is 14.3 Å². The molecule has 0 aromatic heterocycles. The molecule has 4 heteroatoms. The summed E-state index contributed by atoms with van der Waals surface area (Å²) in [6.07, 6.45) is 0.735. The van der Waals surface area contributed by atoms with Gasteiger partial charge in [0, 0.05) is 3.92 Å². The number of halogens is 1. The van der Waals surface area contributed by atoms with Crippen LogP contribution in [0.5, 0.6) is 0 Å². The number of esters is 2. The van der Waals surface area contributed by atoms with Crippen LogP contribution in [0.2, 0.25) is 0 Å². The minimum absolute atomic E-state index is 0.136. The third-order valence-corrected chi connectivity index (χ3v) is 1.88. The summed E-state index contributed by atoms with van der Waals surface area (Å²) < 4.78 is 4.41. The molecule has 0 aliphatic carbocycles. The third-order valence-electron chi connectivity index (χ3n) is 1.00. The highest BCUT2D eigenvalue weighted by Crippen LogP contribution is 2.17. The molecule has 0 radical (unpaired) electrons. The highest BCUT2D eigenvalue weighted by atomic mass is 127. The Hall–Kier alpha value is -0.130. The Kier molecular flexibility index (Phi) is 2.05. The Bertz CT molecular complexity index is 138. The first-order chi connectivity index (χ1) is 4.18. The summed E-state index contributed by atoms with van der Waals surface area (Å²) in [5.74, 6) is -0.795. The lowest BCUT2D eigenvalue weighted by Gasteiger charge is -2.12. The minimum Gasteiger partial charge on any atom is -0.393 e. The van der Waals surface area contributed by atoms with Crippen LogP contribution in [0.4, 0.5) is 0 Å². The van der Waals surface area contributed by atoms with Gasteiger partial charge in [0.05, 0.1) is 12.8 Å². The lowest BCUT2D eigenvalue weighted by Crippen LogP contribution is -2.25. The Balaban J connectivity index is 2.53. The highest BCUT2D eigenvalue weighted by Gasteiger charge is 2.24. The number of carbonyl (C=O) groups excluding carboxylic acids is 2. The van der Waals surface area contributed by atoms with Crippen molar-refractivity contribution in [3.05, 3.63) is 0 Å². The van der Waals surface area contributed by atoms with Crippen LogP contribution in [0.25, 0.3) is 0 Å². The van der Waals surface area contributed by atoms with Crippen LogP contribution in [0.15, 0.2) is 0 Å². The molecule has 0 atom stereocenters. The van der Waals surface area contributed by atoms with Gasteiger partial charge >= 0.3 is 11.9 Å². The van der Waals surface area contributed by atoms with Gasteiger partial charge in [0.1, 0.15) is 0 Å². The molecule has 50 valence electrons. The molecule has 1 aliphatic heterocycles. The van der Waals surface area contributed by atoms with E-state index in [1.807, 2.05) is 0 Å². The first kappa shape index (κ1) is 6.98. The fraction of sp³-hybridized carbons (Fsp3) is 0.600. The van der Waals surface area contributed by atoms with E-state index in [1.54, 1.807) is 0 Å². The van der Waals surface area contributed by atoms with Crippen molar-refractivity contribution in [2.24, 2.45) is 0 Å². The molecule has 1 rings (SSSR count). The largest absolute Gasteiger partial charge is 0.393 e. The Morgan fingerprint density at radius 3 is 2.11 bits per heavy atom. The topological polar surface area (TPSA) is 43.4 Å². The smallest absolute Gasteiger partial charge is 0.314 e. The van der Waals surface area contributed by atoms with Crippen LogP contribution >= 0.6 is 22.6 Å². The summed E-state index contributed by atoms with van der Waals surface area (Å²) in [6.45, 7) is 0. The van der Waals surface area contributed by atoms with E-state index in [9.17, 15) is 9.59 Å². The van der Waals surface area contributed by atoms with E-state index in [2.05, 4.69) is 27.3 Å². The fourth-order valence-electron chi connectivity index (χ4n) is 0.644. The molecular formula is C5H5IO3. The summed E-state index contributed by atoms with van der Waals surface area (Å²) in [4.78, 5) is 20.9. The van der Waals surface area contributed by atoms with Crippen LogP contribution < -0.4 is 0 Å². The predicted molar refractivity (Wildman–Crippen MR) is 38.1 cm³/mol. The number of cyclic esters (lactones) is 2. The summed E-state index contributed by atoms with van der Waals surface area (Å²) in [5.41, 5.74) is 0. The standard InChI is InChI=1S/C5H5IO3/c6-3-1-4(7)9-5(8)2-3/h3H,1-2H2. The minimum atomic E-state index is -0.398. The van der Waals surface area contributed by atoms with Crippen molar-refractivity contribution >= 4 is 34.5 Å². The average molecular weight is 240 g/mol. The predicted octanol–water partition coefficient (Wildman–Crippen LogP) is 0.654. The zero-order valence-electron chi connectivity index (χ0n) is 4.59. The van der Waals surface area contributed by atoms with Crippen molar-refractivity contribution in [2.45, 2.75) is 16.8 Å². The molecule has 0 aromatic rings. The second-order valence-corrected chi connectivity index (χ2v) is 3.61. The van der Waals surface area contributed by atoms with E-state index in [-0.39, 0.29) is 3.92 Å². The SMILES string of the molecule is O=C1CC(I)CC(=O)O1. The summed E-state index contributed by atoms with van der Waals surface area (Å²) in [6, 6.07) is 0. The molecule has 0 aromatic carbocycles. The first-order valence-corrected chi connectivity index (χ1v) is 3.80. The van der Waals surface area contributed by atoms with Crippen molar-refractivity contribution in [1.82, 2.24) is 0 Å². The normalized spacial score (nSPS) is 21.9. The molecule has 0 bridgehead atoms. The van der Waals surface area contributed by atoms with Crippen LogP contribution in [0.1, 0.15) is 12.8 Å². The zero-order chi connectivity index (χ0) is 6.85. The van der Waals surface area contributed by atoms with Gasteiger partial charge < -0.3 is 4.74 Å². The molecule has 9 heavy (non-hydrogen) atoms. The van der Waals surface area contributed by atoms with Gasteiger partial charge in [-0.1, -0.05) is 22.6 Å². The van der Waals surface area contributed by atoms with Gasteiger partial charge in [-0.2, -0.15) is 0 Å². The van der Waals surface area contributed by atoms with E-state index in [0.717, 1.165) is 0 Å². The van der Waals surface area contributed by atoms with Gasteiger partial charge in [-0.25, -0.2) is 0 Å². The van der Waals surface area contributed by atoms with Crippen molar-refractivity contribution in [1.29, 1.82) is 0 Å². The highest BCUT2D eigenvalue weighted by molar-refractivity contribution is 14.1. The fourth-order valence-corrected chi connectivity index (χ4v) is 1.36. The lowest BCUT2D eigenvalue weighted by atomic mass is 10.2. The molecular weight excluding hydrogens is 235 g/mol. The molecule has 1 saturated heterocycles. The average Bonchev–Trinajstić information content (AvgIpc) is 1.59. The van der Waals surface area contributed by atoms with Crippen LogP contribution in [-0.4, -0.2) is 15.9 Å². The van der Waals surface area contributed by atoms with Gasteiger partial charge in [0.2, 0.25) is 0 Å². The Morgan fingerprint density at radius 1 is 1.33 bits per heavy atom. The van der Waals surface area contributed by atoms with Gasteiger partial charge in [-0.3, -0.25) is 9.59 Å². The van der Waals surface area contributed by atoms with Crippen LogP contribution in [0, 0.1) is 0 Å². The van der Waals surface area contributed by atoms with Crippen molar-refractivity contribution in [3.63, 3.8) is 0 Å². The molecule has 0 spiro atoms. The molecule has 3 nitrogen and oxygen atoms in total. The van der Waals surface area contributed by atoms with E-state index < -0.39 is 11.9 Å². The van der Waals surface area contributed by atoms with E-state index in [4.69, 9.17) is 0 Å². The molecule has 0 N–H and O–H groups in total. The molecule has 1 fully saturated rings. The van der Waals surface area contributed by atoms with E-state index in [1.165, 1.54) is 0 Å². The molecule has 0 saturated carbocycles. The number of alkyl halides is 1. The molecule has 0 unspecified atom stereocenters. The van der Waals surface area contributed by atoms with Crippen molar-refractivity contribution in [3.8, 4) is 0 Å². The van der Waals surface area contributed by atoms with Gasteiger partial charge in [-0.15, -0.1) is 0 Å². The van der Waals surface area contributed by atoms with Crippen molar-refractivity contribution < 1.29 is 14.3 Å². The number of carbonyl (C=O) groups is 2. The van der Waals surface area contributed by atoms with Gasteiger partial charge in [0.15, 0.2) is 0 Å². The number of hydrogen-bond donors (Lipinski definition) is 0. The second kappa shape index (κ2) is 2.64. The Labute approximate surface area is 65.9 Å². The lowest BCUT2D eigenvalue weighted by molar-refractivity contribution is -0.162. The zero-order valence-corrected chi connectivity index (χ0v) is 6.75. The Morgan fingerprint density at radius 2 is 1.78 bits per heavy atom. The van der Waals surface area contributed by atoms with Gasteiger partial charge in [-0.05, 0) is 0 Å². The van der Waals surface area contributed by atoms with Gasteiger partial charge in [0.25, 0.3) is 0 Å². The monoisotopic (exact) mass is 240 g/mol. The molecule has 0 amide bonds. The van der Waals surface area contributed by atoms with Crippen LogP contribution in [0.3, 0.4) is 0 Å². The molecule has 1 heterocycles. The number of rotatable bonds is 0. The van der Waals surface area contributed by atoms with E-state index >= 15 is 0 Å². The number of ether oxygens (including phenoxy) is 1.